The van der Waals surface area contributed by atoms with Gasteiger partial charge in [0.1, 0.15) is 6.61 Å². The molecule has 19 heavy (non-hydrogen) atoms. The van der Waals surface area contributed by atoms with Crippen molar-refractivity contribution in [1.82, 2.24) is 15.2 Å². The summed E-state index contributed by atoms with van der Waals surface area (Å²) in [4.78, 5) is 6.58. The average molecular weight is 265 g/mol. The quantitative estimate of drug-likeness (QED) is 0.856. The van der Waals surface area contributed by atoms with Crippen LogP contribution in [0.25, 0.3) is 0 Å². The summed E-state index contributed by atoms with van der Waals surface area (Å²) in [7, 11) is 4.06. The number of nitrogens with one attached hydrogen (secondary N) is 1. The Hall–Kier alpha value is -1.13. The van der Waals surface area contributed by atoms with Crippen molar-refractivity contribution in [2.45, 2.75) is 39.8 Å². The number of nitrogens with zero attached hydrogens (tertiary/aromatic N) is 2. The summed E-state index contributed by atoms with van der Waals surface area (Å²) in [5, 5.41) is 3.47. The third-order valence-corrected chi connectivity index (χ3v) is 2.77. The van der Waals surface area contributed by atoms with Crippen LogP contribution in [0.15, 0.2) is 12.1 Å². The zero-order valence-corrected chi connectivity index (χ0v) is 13.1. The topological polar surface area (TPSA) is 37.4 Å². The molecule has 4 heteroatoms. The number of hydrogen-bond donors (Lipinski definition) is 1. The minimum absolute atomic E-state index is 0.118. The molecule has 0 aliphatic heterocycles. The summed E-state index contributed by atoms with van der Waals surface area (Å²) >= 11 is 0. The summed E-state index contributed by atoms with van der Waals surface area (Å²) in [6.45, 7) is 10.9. The van der Waals surface area contributed by atoms with Gasteiger partial charge in [-0.05, 0) is 47.4 Å². The highest BCUT2D eigenvalue weighted by Gasteiger charge is 2.10. The minimum atomic E-state index is 0.118. The molecule has 1 aromatic rings. The van der Waals surface area contributed by atoms with Gasteiger partial charge in [0.2, 0.25) is 5.88 Å². The lowest BCUT2D eigenvalue weighted by Gasteiger charge is -2.21. The lowest BCUT2D eigenvalue weighted by Crippen LogP contribution is -2.35. The summed E-state index contributed by atoms with van der Waals surface area (Å²) in [5.41, 5.74) is 2.36. The first kappa shape index (κ1) is 15.9. The number of likely N-dealkylation sites (N-methyl/N-ethyl adjacent to an activating group) is 1. The van der Waals surface area contributed by atoms with Crippen LogP contribution in [0.3, 0.4) is 0 Å². The van der Waals surface area contributed by atoms with Gasteiger partial charge in [0, 0.05) is 30.4 Å². The van der Waals surface area contributed by atoms with Crippen molar-refractivity contribution in [2.75, 3.05) is 27.2 Å². The molecule has 0 spiro atoms. The molecule has 4 nitrogen and oxygen atoms in total. The summed E-state index contributed by atoms with van der Waals surface area (Å²) in [6.07, 6.45) is 0. The van der Waals surface area contributed by atoms with Crippen LogP contribution in [0.1, 0.15) is 32.0 Å². The second-order valence-electron chi connectivity index (χ2n) is 6.15. The fourth-order valence-electron chi connectivity index (χ4n) is 1.53. The van der Waals surface area contributed by atoms with E-state index >= 15 is 0 Å². The molecule has 0 saturated heterocycles. The normalized spacial score (nSPS) is 11.9. The predicted molar refractivity (Wildman–Crippen MR) is 79.6 cm³/mol. The Morgan fingerprint density at radius 1 is 1.26 bits per heavy atom. The highest BCUT2D eigenvalue weighted by atomic mass is 16.5. The summed E-state index contributed by atoms with van der Waals surface area (Å²) < 4.78 is 5.62. The Kier molecular flexibility index (Phi) is 5.76. The Labute approximate surface area is 117 Å². The lowest BCUT2D eigenvalue weighted by molar-refractivity contribution is 0.253. The maximum atomic E-state index is 5.62. The Balaban J connectivity index is 2.54. The Morgan fingerprint density at radius 2 is 1.95 bits per heavy atom. The molecule has 1 aromatic heterocycles. The fourth-order valence-corrected chi connectivity index (χ4v) is 1.53. The number of hydrogen-bond acceptors (Lipinski definition) is 4. The molecule has 0 bridgehead atoms. The van der Waals surface area contributed by atoms with E-state index in [0.29, 0.717) is 12.5 Å². The van der Waals surface area contributed by atoms with Crippen LogP contribution < -0.4 is 10.1 Å². The lowest BCUT2D eigenvalue weighted by atomic mass is 10.1. The highest BCUT2D eigenvalue weighted by Crippen LogP contribution is 2.13. The van der Waals surface area contributed by atoms with Crippen LogP contribution in [0.5, 0.6) is 5.88 Å². The highest BCUT2D eigenvalue weighted by molar-refractivity contribution is 5.25. The van der Waals surface area contributed by atoms with Crippen LogP contribution in [-0.2, 0) is 6.54 Å². The van der Waals surface area contributed by atoms with Gasteiger partial charge < -0.3 is 15.0 Å². The fraction of sp³-hybridized carbons (Fsp3) is 0.667. The van der Waals surface area contributed by atoms with Crippen LogP contribution in [0, 0.1) is 6.92 Å². The molecule has 0 unspecified atom stereocenters. The van der Waals surface area contributed by atoms with Gasteiger partial charge in [-0.3, -0.25) is 0 Å². The van der Waals surface area contributed by atoms with Gasteiger partial charge in [0.05, 0.1) is 0 Å². The van der Waals surface area contributed by atoms with Gasteiger partial charge in [-0.1, -0.05) is 6.07 Å². The van der Waals surface area contributed by atoms with E-state index < -0.39 is 0 Å². The third-order valence-electron chi connectivity index (χ3n) is 2.77. The van der Waals surface area contributed by atoms with E-state index in [1.807, 2.05) is 27.1 Å². The van der Waals surface area contributed by atoms with Crippen molar-refractivity contribution in [3.63, 3.8) is 0 Å². The molecule has 0 atom stereocenters. The first-order valence-electron chi connectivity index (χ1n) is 6.77. The number of rotatable bonds is 6. The van der Waals surface area contributed by atoms with E-state index in [2.05, 4.69) is 42.0 Å². The maximum absolute atomic E-state index is 5.62. The smallest absolute Gasteiger partial charge is 0.213 e. The third kappa shape index (κ3) is 6.55. The largest absolute Gasteiger partial charge is 0.476 e. The van der Waals surface area contributed by atoms with Crippen LogP contribution >= 0.6 is 0 Å². The minimum Gasteiger partial charge on any atom is -0.476 e. The van der Waals surface area contributed by atoms with Gasteiger partial charge in [-0.25, -0.2) is 4.98 Å². The van der Waals surface area contributed by atoms with Crippen molar-refractivity contribution in [2.24, 2.45) is 0 Å². The number of ether oxygens (including phenoxy) is 1. The van der Waals surface area contributed by atoms with Crippen LogP contribution in [0.4, 0.5) is 0 Å². The molecule has 0 aliphatic rings. The molecule has 0 aromatic carbocycles. The molecule has 1 heterocycles. The predicted octanol–water partition coefficient (Wildman–Crippen LogP) is 2.22. The molecular weight excluding hydrogens is 238 g/mol. The molecule has 0 saturated carbocycles. The number of pyridine rings is 1. The van der Waals surface area contributed by atoms with E-state index in [-0.39, 0.29) is 5.54 Å². The molecule has 1 N–H and O–H groups in total. The molecule has 0 amide bonds. The first-order chi connectivity index (χ1) is 8.78. The van der Waals surface area contributed by atoms with Crippen molar-refractivity contribution in [3.8, 4) is 5.88 Å². The van der Waals surface area contributed by atoms with Crippen molar-refractivity contribution in [1.29, 1.82) is 0 Å². The zero-order chi connectivity index (χ0) is 14.5. The second-order valence-corrected chi connectivity index (χ2v) is 6.15. The maximum Gasteiger partial charge on any atom is 0.213 e. The van der Waals surface area contributed by atoms with E-state index in [4.69, 9.17) is 4.74 Å². The van der Waals surface area contributed by atoms with E-state index in [0.717, 1.165) is 18.8 Å². The zero-order valence-electron chi connectivity index (χ0n) is 13.1. The molecule has 0 aliphatic carbocycles. The van der Waals surface area contributed by atoms with Crippen LogP contribution in [-0.4, -0.2) is 42.7 Å². The number of aromatic nitrogens is 1. The van der Waals surface area contributed by atoms with E-state index in [1.54, 1.807) is 0 Å². The average Bonchev–Trinajstić information content (AvgIpc) is 2.26. The van der Waals surface area contributed by atoms with E-state index in [9.17, 15) is 0 Å². The number of aryl methyl sites for hydroxylation is 1. The molecule has 108 valence electrons. The Bertz CT molecular complexity index is 397. The van der Waals surface area contributed by atoms with Crippen molar-refractivity contribution < 1.29 is 4.74 Å². The molecule has 1 rings (SSSR count). The van der Waals surface area contributed by atoms with E-state index in [1.165, 1.54) is 5.56 Å². The monoisotopic (exact) mass is 265 g/mol. The van der Waals surface area contributed by atoms with Gasteiger partial charge in [0.15, 0.2) is 0 Å². The van der Waals surface area contributed by atoms with Crippen molar-refractivity contribution >= 4 is 0 Å². The van der Waals surface area contributed by atoms with Crippen LogP contribution in [0.2, 0.25) is 0 Å². The first-order valence-corrected chi connectivity index (χ1v) is 6.77. The van der Waals surface area contributed by atoms with Gasteiger partial charge in [-0.2, -0.15) is 0 Å². The summed E-state index contributed by atoms with van der Waals surface area (Å²) in [6, 6.07) is 4.04. The summed E-state index contributed by atoms with van der Waals surface area (Å²) in [5.74, 6) is 0.707. The molecule has 0 radical (unpaired) electrons. The van der Waals surface area contributed by atoms with Gasteiger partial charge in [-0.15, -0.1) is 0 Å². The molecular formula is C15H27N3O. The Morgan fingerprint density at radius 3 is 2.47 bits per heavy atom. The SMILES string of the molecule is Cc1nc(OCCN(C)C)ccc1CNC(C)(C)C. The molecule has 0 fully saturated rings. The van der Waals surface area contributed by atoms with Crippen molar-refractivity contribution in [3.05, 3.63) is 23.4 Å². The van der Waals surface area contributed by atoms with Gasteiger partial charge >= 0.3 is 0 Å². The second kappa shape index (κ2) is 6.87. The standard InChI is InChI=1S/C15H27N3O/c1-12-13(11-16-15(2,3)4)7-8-14(17-12)19-10-9-18(5)6/h7-8,16H,9-11H2,1-6H3. The van der Waals surface area contributed by atoms with Gasteiger partial charge in [0.25, 0.3) is 0 Å².